The summed E-state index contributed by atoms with van der Waals surface area (Å²) in [7, 11) is 0. The van der Waals surface area contributed by atoms with Crippen LogP contribution < -0.4 is 16.2 Å². The minimum atomic E-state index is -0.470. The third-order valence-electron chi connectivity index (χ3n) is 5.09. The highest BCUT2D eigenvalue weighted by Gasteiger charge is 2.20. The van der Waals surface area contributed by atoms with Gasteiger partial charge in [-0.25, -0.2) is 9.37 Å². The molecule has 2 heterocycles. The van der Waals surface area contributed by atoms with E-state index in [1.54, 1.807) is 0 Å². The molecule has 0 fully saturated rings. The minimum absolute atomic E-state index is 0.204. The van der Waals surface area contributed by atoms with E-state index >= 15 is 0 Å². The summed E-state index contributed by atoms with van der Waals surface area (Å²) in [6, 6.07) is 7.95. The second kappa shape index (κ2) is 8.81. The lowest BCUT2D eigenvalue weighted by Gasteiger charge is -2.15. The quantitative estimate of drug-likeness (QED) is 0.636. The summed E-state index contributed by atoms with van der Waals surface area (Å²) >= 11 is 1.47. The van der Waals surface area contributed by atoms with Crippen LogP contribution in [0.2, 0.25) is 0 Å². The van der Waals surface area contributed by atoms with Crippen molar-refractivity contribution in [2.24, 2.45) is 5.92 Å². The van der Waals surface area contributed by atoms with Crippen LogP contribution in [0, 0.1) is 11.7 Å². The van der Waals surface area contributed by atoms with Crippen molar-refractivity contribution in [1.29, 1.82) is 0 Å². The van der Waals surface area contributed by atoms with Gasteiger partial charge in [-0.15, -0.1) is 11.3 Å². The van der Waals surface area contributed by atoms with Crippen molar-refractivity contribution in [2.45, 2.75) is 32.7 Å². The maximum absolute atomic E-state index is 13.0. The van der Waals surface area contributed by atoms with Crippen LogP contribution in [0.5, 0.6) is 0 Å². The molecule has 2 N–H and O–H groups in total. The number of hydrogen-bond donors (Lipinski definition) is 2. The predicted octanol–water partition coefficient (Wildman–Crippen LogP) is 3.46. The molecule has 2 amide bonds. The Morgan fingerprint density at radius 1 is 1.19 bits per heavy atom. The zero-order valence-corrected chi connectivity index (χ0v) is 17.7. The second-order valence-corrected chi connectivity index (χ2v) is 8.71. The highest BCUT2D eigenvalue weighted by Crippen LogP contribution is 2.32. The number of aromatic nitrogens is 2. The number of halogens is 1. The normalized spacial score (nSPS) is 15.2. The fourth-order valence-electron chi connectivity index (χ4n) is 3.43. The fourth-order valence-corrected chi connectivity index (χ4v) is 4.62. The third kappa shape index (κ3) is 5.05. The molecular formula is C22H21FN4O3S. The molecule has 9 heteroatoms. The maximum atomic E-state index is 13.0. The molecule has 1 atom stereocenters. The van der Waals surface area contributed by atoms with Gasteiger partial charge in [-0.05, 0) is 55.5 Å². The van der Waals surface area contributed by atoms with Gasteiger partial charge in [0.1, 0.15) is 12.4 Å². The number of fused-ring (bicyclic) bond motifs is 1. The molecule has 0 bridgehead atoms. The van der Waals surface area contributed by atoms with Gasteiger partial charge in [0.15, 0.2) is 5.13 Å². The molecule has 1 aliphatic carbocycles. The van der Waals surface area contributed by atoms with E-state index in [9.17, 15) is 18.8 Å². The monoisotopic (exact) mass is 440 g/mol. The Labute approximate surface area is 181 Å². The lowest BCUT2D eigenvalue weighted by atomic mass is 9.93. The van der Waals surface area contributed by atoms with Crippen LogP contribution in [0.1, 0.15) is 34.3 Å². The van der Waals surface area contributed by atoms with Crippen LogP contribution in [0.4, 0.5) is 15.2 Å². The predicted molar refractivity (Wildman–Crippen MR) is 117 cm³/mol. The molecule has 0 saturated heterocycles. The van der Waals surface area contributed by atoms with Crippen LogP contribution in [-0.4, -0.2) is 21.4 Å². The number of carbonyl (C=O) groups excluding carboxylic acids is 2. The van der Waals surface area contributed by atoms with E-state index in [1.165, 1.54) is 63.4 Å². The smallest absolute Gasteiger partial charge is 0.257 e. The number of thiazole rings is 1. The standard InChI is InChI=1S/C22H21FN4O3S/c1-13-2-8-17-18(10-13)31-22(25-17)26-19(28)12-27-11-14(3-9-20(27)29)21(30)24-16-6-4-15(23)5-7-16/h3-7,9,11,13H,2,8,10,12H2,1H3,(H,24,30)(H,25,26,28)/t13-/m1/s1. The summed E-state index contributed by atoms with van der Waals surface area (Å²) in [5.41, 5.74) is 1.26. The average Bonchev–Trinajstić information content (AvgIpc) is 3.12. The number of anilines is 2. The molecular weight excluding hydrogens is 419 g/mol. The summed E-state index contributed by atoms with van der Waals surface area (Å²) in [5, 5.41) is 5.91. The van der Waals surface area contributed by atoms with Crippen LogP contribution in [0.15, 0.2) is 47.4 Å². The van der Waals surface area contributed by atoms with Crippen LogP contribution >= 0.6 is 11.3 Å². The Hall–Kier alpha value is -3.33. The molecule has 1 aliphatic rings. The maximum Gasteiger partial charge on any atom is 0.257 e. The van der Waals surface area contributed by atoms with E-state index in [0.29, 0.717) is 16.7 Å². The van der Waals surface area contributed by atoms with Gasteiger partial charge in [-0.1, -0.05) is 6.92 Å². The number of amides is 2. The first-order valence-corrected chi connectivity index (χ1v) is 10.7. The van der Waals surface area contributed by atoms with Gasteiger partial charge < -0.3 is 15.2 Å². The number of nitrogens with zero attached hydrogens (tertiary/aromatic N) is 2. The van der Waals surface area contributed by atoms with Crippen molar-refractivity contribution in [3.8, 4) is 0 Å². The van der Waals surface area contributed by atoms with Gasteiger partial charge in [0, 0.05) is 22.8 Å². The Morgan fingerprint density at radius 3 is 2.74 bits per heavy atom. The molecule has 0 aliphatic heterocycles. The number of hydrogen-bond acceptors (Lipinski definition) is 5. The summed E-state index contributed by atoms with van der Waals surface area (Å²) in [6.45, 7) is 1.96. The first-order chi connectivity index (χ1) is 14.9. The van der Waals surface area contributed by atoms with Gasteiger partial charge in [0.25, 0.3) is 11.5 Å². The van der Waals surface area contributed by atoms with Gasteiger partial charge in [-0.2, -0.15) is 0 Å². The lowest BCUT2D eigenvalue weighted by Crippen LogP contribution is -2.28. The molecule has 3 aromatic rings. The van der Waals surface area contributed by atoms with Crippen LogP contribution in [0.25, 0.3) is 0 Å². The number of carbonyl (C=O) groups is 2. The fraction of sp³-hybridized carbons (Fsp3) is 0.273. The van der Waals surface area contributed by atoms with E-state index in [4.69, 9.17) is 0 Å². The van der Waals surface area contributed by atoms with Crippen molar-refractivity contribution in [3.63, 3.8) is 0 Å². The molecule has 0 spiro atoms. The largest absolute Gasteiger partial charge is 0.322 e. The molecule has 1 aromatic carbocycles. The Balaban J connectivity index is 1.43. The average molecular weight is 441 g/mol. The van der Waals surface area contributed by atoms with Crippen molar-refractivity contribution >= 4 is 34.0 Å². The molecule has 2 aromatic heterocycles. The molecule has 160 valence electrons. The highest BCUT2D eigenvalue weighted by molar-refractivity contribution is 7.15. The van der Waals surface area contributed by atoms with E-state index in [1.807, 2.05) is 0 Å². The van der Waals surface area contributed by atoms with Crippen LogP contribution in [-0.2, 0) is 24.2 Å². The van der Waals surface area contributed by atoms with Gasteiger partial charge in [0.05, 0.1) is 11.3 Å². The highest BCUT2D eigenvalue weighted by atomic mass is 32.1. The number of nitrogens with one attached hydrogen (secondary N) is 2. The Bertz CT molecular complexity index is 1190. The molecule has 4 rings (SSSR count). The van der Waals surface area contributed by atoms with Gasteiger partial charge >= 0.3 is 0 Å². The molecule has 0 radical (unpaired) electrons. The topological polar surface area (TPSA) is 93.1 Å². The molecule has 7 nitrogen and oxygen atoms in total. The van der Waals surface area contributed by atoms with Crippen molar-refractivity contribution < 1.29 is 14.0 Å². The number of aryl methyl sites for hydroxylation is 1. The van der Waals surface area contributed by atoms with Crippen molar-refractivity contribution in [1.82, 2.24) is 9.55 Å². The molecule has 0 unspecified atom stereocenters. The van der Waals surface area contributed by atoms with E-state index in [2.05, 4.69) is 22.5 Å². The number of rotatable bonds is 5. The van der Waals surface area contributed by atoms with Crippen LogP contribution in [0.3, 0.4) is 0 Å². The SMILES string of the molecule is C[C@@H]1CCc2nc(NC(=O)Cn3cc(C(=O)Nc4ccc(F)cc4)ccc3=O)sc2C1. The first-order valence-electron chi connectivity index (χ1n) is 9.93. The minimum Gasteiger partial charge on any atom is -0.322 e. The van der Waals surface area contributed by atoms with Gasteiger partial charge in [-0.3, -0.25) is 14.4 Å². The summed E-state index contributed by atoms with van der Waals surface area (Å²) in [4.78, 5) is 42.8. The second-order valence-electron chi connectivity index (χ2n) is 7.63. The number of pyridine rings is 1. The molecule has 31 heavy (non-hydrogen) atoms. The van der Waals surface area contributed by atoms with Gasteiger partial charge in [0.2, 0.25) is 5.91 Å². The van der Waals surface area contributed by atoms with Crippen molar-refractivity contribution in [3.05, 3.63) is 74.9 Å². The summed E-state index contributed by atoms with van der Waals surface area (Å²) in [5.74, 6) is -0.660. The first kappa shape index (κ1) is 20.9. The Kier molecular flexibility index (Phi) is 5.94. The summed E-state index contributed by atoms with van der Waals surface area (Å²) in [6.07, 6.45) is 4.29. The number of benzene rings is 1. The Morgan fingerprint density at radius 2 is 1.97 bits per heavy atom. The summed E-state index contributed by atoms with van der Waals surface area (Å²) < 4.78 is 14.2. The van der Waals surface area contributed by atoms with E-state index < -0.39 is 23.2 Å². The zero-order chi connectivity index (χ0) is 22.0. The van der Waals surface area contributed by atoms with E-state index in [-0.39, 0.29) is 12.1 Å². The zero-order valence-electron chi connectivity index (χ0n) is 16.9. The van der Waals surface area contributed by atoms with Crippen molar-refractivity contribution in [2.75, 3.05) is 10.6 Å². The molecule has 0 saturated carbocycles. The third-order valence-corrected chi connectivity index (χ3v) is 6.13. The lowest BCUT2D eigenvalue weighted by molar-refractivity contribution is -0.116. The van der Waals surface area contributed by atoms with E-state index in [0.717, 1.165) is 25.0 Å².